The van der Waals surface area contributed by atoms with Gasteiger partial charge < -0.3 is 24.5 Å². The highest BCUT2D eigenvalue weighted by Crippen LogP contribution is 2.32. The molecule has 7 heteroatoms. The molecule has 1 amide bonds. The first-order valence-electron chi connectivity index (χ1n) is 11.4. The summed E-state index contributed by atoms with van der Waals surface area (Å²) < 4.78 is 12.3. The van der Waals surface area contributed by atoms with Crippen LogP contribution in [-0.2, 0) is 4.79 Å². The predicted octanol–water partition coefficient (Wildman–Crippen LogP) is 5.52. The summed E-state index contributed by atoms with van der Waals surface area (Å²) in [5.41, 5.74) is 3.15. The van der Waals surface area contributed by atoms with Crippen molar-refractivity contribution in [2.24, 2.45) is 0 Å². The molecule has 0 fully saturated rings. The molecule has 0 aliphatic carbocycles. The van der Waals surface area contributed by atoms with Crippen LogP contribution in [-0.4, -0.2) is 42.1 Å². The normalized spacial score (nSPS) is 11.7. The van der Waals surface area contributed by atoms with Gasteiger partial charge in [0.25, 0.3) is 5.91 Å². The van der Waals surface area contributed by atoms with Crippen molar-refractivity contribution < 1.29 is 23.8 Å². The summed E-state index contributed by atoms with van der Waals surface area (Å²) in [5, 5.41) is 13.4. The third-order valence-corrected chi connectivity index (χ3v) is 5.84. The van der Waals surface area contributed by atoms with Gasteiger partial charge in [-0.25, -0.2) is 0 Å². The van der Waals surface area contributed by atoms with Crippen LogP contribution in [0.25, 0.3) is 11.0 Å². The standard InChI is InChI=1S/C28H28N2O5/c1-19-23-10-6-7-11-25(23)35-27(19)24(18-34-22-8-4-3-5-9-22)29-21-14-12-20(13-15-21)28(33)30(2)17-16-26(31)32/h3-15,24,29H,16-18H2,1-2H3,(H,31,32). The first kappa shape index (κ1) is 23.9. The summed E-state index contributed by atoms with van der Waals surface area (Å²) in [6.07, 6.45) is -0.0954. The number of carbonyl (C=O) groups is 2. The van der Waals surface area contributed by atoms with Gasteiger partial charge in [-0.15, -0.1) is 0 Å². The molecule has 4 aromatic rings. The number of rotatable bonds is 10. The third-order valence-electron chi connectivity index (χ3n) is 5.84. The summed E-state index contributed by atoms with van der Waals surface area (Å²) in [6, 6.07) is 24.3. The molecule has 1 heterocycles. The zero-order valence-corrected chi connectivity index (χ0v) is 19.7. The largest absolute Gasteiger partial charge is 0.491 e. The quantitative estimate of drug-likeness (QED) is 0.316. The smallest absolute Gasteiger partial charge is 0.305 e. The molecule has 1 atom stereocenters. The highest BCUT2D eigenvalue weighted by atomic mass is 16.5. The fourth-order valence-corrected chi connectivity index (χ4v) is 3.90. The number of hydrogen-bond acceptors (Lipinski definition) is 5. The lowest BCUT2D eigenvalue weighted by molar-refractivity contribution is -0.137. The van der Waals surface area contributed by atoms with E-state index < -0.39 is 5.97 Å². The zero-order valence-electron chi connectivity index (χ0n) is 19.7. The number of carboxylic acid groups (broad SMARTS) is 1. The van der Waals surface area contributed by atoms with Crippen LogP contribution in [0, 0.1) is 6.92 Å². The molecular weight excluding hydrogens is 444 g/mol. The van der Waals surface area contributed by atoms with Gasteiger partial charge in [0.05, 0.1) is 6.42 Å². The van der Waals surface area contributed by atoms with Crippen molar-refractivity contribution in [3.05, 3.63) is 95.7 Å². The number of nitrogens with zero attached hydrogens (tertiary/aromatic N) is 1. The third kappa shape index (κ3) is 5.81. The lowest BCUT2D eigenvalue weighted by atomic mass is 10.1. The molecule has 7 nitrogen and oxygen atoms in total. The number of nitrogens with one attached hydrogen (secondary N) is 1. The molecule has 0 saturated heterocycles. The van der Waals surface area contributed by atoms with E-state index in [0.29, 0.717) is 12.2 Å². The van der Waals surface area contributed by atoms with E-state index in [1.165, 1.54) is 4.90 Å². The van der Waals surface area contributed by atoms with Crippen molar-refractivity contribution in [2.75, 3.05) is 25.5 Å². The molecule has 3 aromatic carbocycles. The van der Waals surface area contributed by atoms with Crippen molar-refractivity contribution in [1.82, 2.24) is 4.90 Å². The van der Waals surface area contributed by atoms with Gasteiger partial charge in [0, 0.05) is 35.8 Å². The average Bonchev–Trinajstić information content (AvgIpc) is 3.22. The number of anilines is 1. The maximum atomic E-state index is 12.6. The fourth-order valence-electron chi connectivity index (χ4n) is 3.90. The summed E-state index contributed by atoms with van der Waals surface area (Å²) >= 11 is 0. The van der Waals surface area contributed by atoms with Gasteiger partial charge in [0.2, 0.25) is 0 Å². The van der Waals surface area contributed by atoms with E-state index in [0.717, 1.165) is 33.7 Å². The molecule has 0 aliphatic rings. The van der Waals surface area contributed by atoms with Gasteiger partial charge in [-0.3, -0.25) is 9.59 Å². The zero-order chi connectivity index (χ0) is 24.8. The van der Waals surface area contributed by atoms with Crippen LogP contribution >= 0.6 is 0 Å². The molecule has 4 rings (SSSR count). The second-order valence-corrected chi connectivity index (χ2v) is 8.36. The fraction of sp³-hybridized carbons (Fsp3) is 0.214. The Morgan fingerprint density at radius 2 is 1.69 bits per heavy atom. The van der Waals surface area contributed by atoms with E-state index >= 15 is 0 Å². The molecule has 1 unspecified atom stereocenters. The molecule has 35 heavy (non-hydrogen) atoms. The Morgan fingerprint density at radius 1 is 1.00 bits per heavy atom. The van der Waals surface area contributed by atoms with E-state index in [2.05, 4.69) is 5.32 Å². The summed E-state index contributed by atoms with van der Waals surface area (Å²) in [7, 11) is 1.60. The predicted molar refractivity (Wildman–Crippen MR) is 135 cm³/mol. The molecule has 0 radical (unpaired) electrons. The number of carboxylic acids is 1. The lowest BCUT2D eigenvalue weighted by Crippen LogP contribution is -2.29. The Hall–Kier alpha value is -4.26. The SMILES string of the molecule is Cc1c(C(COc2ccccc2)Nc2ccc(C(=O)N(C)CCC(=O)O)cc2)oc2ccccc12. The van der Waals surface area contributed by atoms with Gasteiger partial charge in [-0.05, 0) is 49.4 Å². The number of ether oxygens (including phenoxy) is 1. The van der Waals surface area contributed by atoms with E-state index in [4.69, 9.17) is 14.3 Å². The molecule has 180 valence electrons. The van der Waals surface area contributed by atoms with Crippen LogP contribution in [0.4, 0.5) is 5.69 Å². The number of para-hydroxylation sites is 2. The number of aryl methyl sites for hydroxylation is 1. The lowest BCUT2D eigenvalue weighted by Gasteiger charge is -2.20. The van der Waals surface area contributed by atoms with Crippen molar-refractivity contribution in [3.8, 4) is 5.75 Å². The monoisotopic (exact) mass is 472 g/mol. The van der Waals surface area contributed by atoms with Gasteiger partial charge in [0.15, 0.2) is 0 Å². The highest BCUT2D eigenvalue weighted by molar-refractivity contribution is 5.94. The Morgan fingerprint density at radius 3 is 2.37 bits per heavy atom. The molecular formula is C28H28N2O5. The van der Waals surface area contributed by atoms with E-state index in [-0.39, 0.29) is 24.9 Å². The van der Waals surface area contributed by atoms with Crippen molar-refractivity contribution in [2.45, 2.75) is 19.4 Å². The first-order valence-corrected chi connectivity index (χ1v) is 11.4. The van der Waals surface area contributed by atoms with Crippen LogP contribution in [0.2, 0.25) is 0 Å². The Bertz CT molecular complexity index is 1300. The van der Waals surface area contributed by atoms with Crippen LogP contribution in [0.3, 0.4) is 0 Å². The van der Waals surface area contributed by atoms with Crippen LogP contribution in [0.5, 0.6) is 5.75 Å². The van der Waals surface area contributed by atoms with Crippen molar-refractivity contribution >= 4 is 28.5 Å². The summed E-state index contributed by atoms with van der Waals surface area (Å²) in [4.78, 5) is 24.8. The van der Waals surface area contributed by atoms with Crippen LogP contribution < -0.4 is 10.1 Å². The van der Waals surface area contributed by atoms with Gasteiger partial charge in [-0.1, -0.05) is 36.4 Å². The minimum atomic E-state index is -0.936. The summed E-state index contributed by atoms with van der Waals surface area (Å²) in [6.45, 7) is 2.52. The minimum absolute atomic E-state index is 0.0954. The number of amides is 1. The molecule has 0 aliphatic heterocycles. The van der Waals surface area contributed by atoms with Crippen LogP contribution in [0.15, 0.2) is 83.3 Å². The number of benzene rings is 3. The van der Waals surface area contributed by atoms with E-state index in [9.17, 15) is 9.59 Å². The van der Waals surface area contributed by atoms with Gasteiger partial charge in [-0.2, -0.15) is 0 Å². The second-order valence-electron chi connectivity index (χ2n) is 8.36. The maximum absolute atomic E-state index is 12.6. The molecule has 0 saturated carbocycles. The number of hydrogen-bond donors (Lipinski definition) is 2. The summed E-state index contributed by atoms with van der Waals surface area (Å²) in [5.74, 6) is 0.387. The molecule has 1 aromatic heterocycles. The van der Waals surface area contributed by atoms with Gasteiger partial charge >= 0.3 is 5.97 Å². The minimum Gasteiger partial charge on any atom is -0.491 e. The van der Waals surface area contributed by atoms with Gasteiger partial charge in [0.1, 0.15) is 29.7 Å². The van der Waals surface area contributed by atoms with E-state index in [1.807, 2.05) is 73.7 Å². The highest BCUT2D eigenvalue weighted by Gasteiger charge is 2.22. The second kappa shape index (κ2) is 10.8. The van der Waals surface area contributed by atoms with E-state index in [1.54, 1.807) is 19.2 Å². The van der Waals surface area contributed by atoms with Crippen LogP contribution in [0.1, 0.15) is 34.1 Å². The maximum Gasteiger partial charge on any atom is 0.305 e. The Labute approximate surface area is 203 Å². The molecule has 2 N–H and O–H groups in total. The van der Waals surface area contributed by atoms with Crippen molar-refractivity contribution in [1.29, 1.82) is 0 Å². The number of aliphatic carboxylic acids is 1. The number of furan rings is 1. The first-order chi connectivity index (χ1) is 16.9. The number of carbonyl (C=O) groups excluding carboxylic acids is 1. The topological polar surface area (TPSA) is 92.0 Å². The van der Waals surface area contributed by atoms with Crippen molar-refractivity contribution in [3.63, 3.8) is 0 Å². The molecule has 0 spiro atoms. The number of fused-ring (bicyclic) bond motifs is 1. The average molecular weight is 473 g/mol. The Kier molecular flexibility index (Phi) is 7.35. The Balaban J connectivity index is 1.54. The molecule has 0 bridgehead atoms.